The van der Waals surface area contributed by atoms with E-state index in [9.17, 15) is 5.11 Å². The number of fused-ring (bicyclic) bond motifs is 1. The Hall–Kier alpha value is -1.35. The van der Waals surface area contributed by atoms with Gasteiger partial charge in [-0.1, -0.05) is 6.07 Å². The van der Waals surface area contributed by atoms with Gasteiger partial charge in [-0.2, -0.15) is 5.10 Å². The number of aryl methyl sites for hydroxylation is 1. The number of nitrogens with zero attached hydrogens (tertiary/aromatic N) is 2. The predicted octanol–water partition coefficient (Wildman–Crippen LogP) is 1.70. The van der Waals surface area contributed by atoms with E-state index in [0.29, 0.717) is 0 Å². The third-order valence-corrected chi connectivity index (χ3v) is 2.22. The summed E-state index contributed by atoms with van der Waals surface area (Å²) in [6.07, 6.45) is 3.14. The molecule has 68 valence electrons. The zero-order chi connectivity index (χ0) is 9.42. The molecule has 1 atom stereocenters. The fraction of sp³-hybridized carbons (Fsp3) is 0.300. The lowest BCUT2D eigenvalue weighted by Crippen LogP contribution is -1.93. The Balaban J connectivity index is 2.79. The largest absolute Gasteiger partial charge is 0.389 e. The quantitative estimate of drug-likeness (QED) is 0.718. The number of hydrogen-bond acceptors (Lipinski definition) is 2. The Morgan fingerprint density at radius 1 is 1.54 bits per heavy atom. The van der Waals surface area contributed by atoms with Gasteiger partial charge in [-0.15, -0.1) is 0 Å². The smallest absolute Gasteiger partial charge is 0.0798 e. The molecule has 0 aromatic carbocycles. The highest BCUT2D eigenvalue weighted by molar-refractivity contribution is 5.60. The second kappa shape index (κ2) is 2.85. The van der Waals surface area contributed by atoms with Gasteiger partial charge in [0.15, 0.2) is 0 Å². The number of aliphatic hydroxyl groups is 1. The Morgan fingerprint density at radius 2 is 2.31 bits per heavy atom. The van der Waals surface area contributed by atoms with Crippen LogP contribution < -0.4 is 0 Å². The molecule has 0 saturated carbocycles. The first-order chi connectivity index (χ1) is 6.20. The summed E-state index contributed by atoms with van der Waals surface area (Å²) in [6, 6.07) is 3.96. The maximum absolute atomic E-state index is 9.48. The van der Waals surface area contributed by atoms with Crippen LogP contribution in [0.2, 0.25) is 0 Å². The molecular weight excluding hydrogens is 164 g/mol. The molecule has 13 heavy (non-hydrogen) atoms. The van der Waals surface area contributed by atoms with E-state index in [1.54, 1.807) is 17.6 Å². The molecule has 0 aliphatic heterocycles. The van der Waals surface area contributed by atoms with E-state index in [-0.39, 0.29) is 0 Å². The number of hydrogen-bond donors (Lipinski definition) is 1. The van der Waals surface area contributed by atoms with Crippen LogP contribution in [-0.4, -0.2) is 14.7 Å². The van der Waals surface area contributed by atoms with Gasteiger partial charge in [0.2, 0.25) is 0 Å². The van der Waals surface area contributed by atoms with Gasteiger partial charge in [-0.3, -0.25) is 0 Å². The molecule has 2 aromatic heterocycles. The van der Waals surface area contributed by atoms with Gasteiger partial charge in [-0.05, 0) is 25.5 Å². The molecule has 0 saturated heterocycles. The minimum atomic E-state index is -0.460. The number of aliphatic hydroxyl groups excluding tert-OH is 1. The van der Waals surface area contributed by atoms with Crippen LogP contribution in [-0.2, 0) is 0 Å². The van der Waals surface area contributed by atoms with Crippen molar-refractivity contribution in [1.29, 1.82) is 0 Å². The molecular formula is C10H12N2O. The Labute approximate surface area is 76.6 Å². The molecule has 1 N–H and O–H groups in total. The molecule has 1 unspecified atom stereocenters. The molecule has 2 aromatic rings. The average molecular weight is 176 g/mol. The minimum Gasteiger partial charge on any atom is -0.389 e. The maximum Gasteiger partial charge on any atom is 0.0798 e. The van der Waals surface area contributed by atoms with E-state index < -0.39 is 6.10 Å². The van der Waals surface area contributed by atoms with Crippen molar-refractivity contribution in [2.45, 2.75) is 20.0 Å². The summed E-state index contributed by atoms with van der Waals surface area (Å²) in [5.74, 6) is 0. The molecule has 3 heteroatoms. The summed E-state index contributed by atoms with van der Waals surface area (Å²) in [5, 5.41) is 13.6. The fourth-order valence-corrected chi connectivity index (χ4v) is 1.55. The first-order valence-electron chi connectivity index (χ1n) is 4.31. The van der Waals surface area contributed by atoms with Crippen LogP contribution in [0.1, 0.15) is 24.2 Å². The van der Waals surface area contributed by atoms with Crippen molar-refractivity contribution in [3.05, 3.63) is 35.7 Å². The van der Waals surface area contributed by atoms with E-state index in [1.165, 1.54) is 0 Å². The van der Waals surface area contributed by atoms with Gasteiger partial charge in [0, 0.05) is 11.8 Å². The van der Waals surface area contributed by atoms with Gasteiger partial charge >= 0.3 is 0 Å². The van der Waals surface area contributed by atoms with Crippen molar-refractivity contribution in [3.63, 3.8) is 0 Å². The zero-order valence-electron chi connectivity index (χ0n) is 7.73. The fourth-order valence-electron chi connectivity index (χ4n) is 1.55. The topological polar surface area (TPSA) is 37.5 Å². The van der Waals surface area contributed by atoms with E-state index in [1.807, 2.05) is 25.3 Å². The summed E-state index contributed by atoms with van der Waals surface area (Å²) in [5.41, 5.74) is 3.03. The van der Waals surface area contributed by atoms with E-state index >= 15 is 0 Å². The summed E-state index contributed by atoms with van der Waals surface area (Å²) in [7, 11) is 0. The monoisotopic (exact) mass is 176 g/mol. The highest BCUT2D eigenvalue weighted by atomic mass is 16.3. The van der Waals surface area contributed by atoms with Crippen LogP contribution in [0.4, 0.5) is 0 Å². The van der Waals surface area contributed by atoms with Crippen LogP contribution in [0.5, 0.6) is 0 Å². The lowest BCUT2D eigenvalue weighted by Gasteiger charge is -2.03. The van der Waals surface area contributed by atoms with Crippen LogP contribution in [0, 0.1) is 6.92 Å². The predicted molar refractivity (Wildman–Crippen MR) is 50.6 cm³/mol. The van der Waals surface area contributed by atoms with Gasteiger partial charge in [0.1, 0.15) is 0 Å². The minimum absolute atomic E-state index is 0.460. The van der Waals surface area contributed by atoms with Crippen LogP contribution in [0.3, 0.4) is 0 Å². The summed E-state index contributed by atoms with van der Waals surface area (Å²) < 4.78 is 1.79. The lowest BCUT2D eigenvalue weighted by molar-refractivity contribution is 0.201. The summed E-state index contributed by atoms with van der Waals surface area (Å²) >= 11 is 0. The van der Waals surface area contributed by atoms with E-state index in [0.717, 1.165) is 16.6 Å². The van der Waals surface area contributed by atoms with E-state index in [4.69, 9.17) is 0 Å². The second-order valence-corrected chi connectivity index (χ2v) is 3.26. The highest BCUT2D eigenvalue weighted by Gasteiger charge is 2.09. The Morgan fingerprint density at radius 3 is 3.00 bits per heavy atom. The van der Waals surface area contributed by atoms with Gasteiger partial charge in [0.25, 0.3) is 0 Å². The lowest BCUT2D eigenvalue weighted by atomic mass is 10.1. The van der Waals surface area contributed by atoms with Crippen molar-refractivity contribution >= 4 is 5.52 Å². The molecule has 0 amide bonds. The Bertz CT molecular complexity index is 431. The van der Waals surface area contributed by atoms with Crippen molar-refractivity contribution in [2.75, 3.05) is 0 Å². The first kappa shape index (κ1) is 8.26. The van der Waals surface area contributed by atoms with Gasteiger partial charge in [0.05, 0.1) is 17.8 Å². The third kappa shape index (κ3) is 1.21. The number of pyridine rings is 1. The normalized spacial score (nSPS) is 13.5. The van der Waals surface area contributed by atoms with Crippen LogP contribution >= 0.6 is 0 Å². The van der Waals surface area contributed by atoms with Gasteiger partial charge in [-0.25, -0.2) is 4.52 Å². The number of aromatic nitrogens is 2. The SMILES string of the molecule is Cc1cccn2ncc(C(C)O)c12. The van der Waals surface area contributed by atoms with Crippen molar-refractivity contribution in [1.82, 2.24) is 9.61 Å². The maximum atomic E-state index is 9.48. The molecule has 0 aliphatic carbocycles. The number of rotatable bonds is 1. The molecule has 0 fully saturated rings. The molecule has 3 nitrogen and oxygen atoms in total. The molecule has 0 spiro atoms. The van der Waals surface area contributed by atoms with Crippen molar-refractivity contribution < 1.29 is 5.11 Å². The molecule has 0 radical (unpaired) electrons. The van der Waals surface area contributed by atoms with Crippen LogP contribution in [0.25, 0.3) is 5.52 Å². The standard InChI is InChI=1S/C10H12N2O/c1-7-4-3-5-12-10(7)9(6-11-12)8(2)13/h3-6,8,13H,1-2H3. The average Bonchev–Trinajstić information content (AvgIpc) is 2.49. The first-order valence-corrected chi connectivity index (χ1v) is 4.31. The summed E-state index contributed by atoms with van der Waals surface area (Å²) in [4.78, 5) is 0. The van der Waals surface area contributed by atoms with E-state index in [2.05, 4.69) is 5.10 Å². The van der Waals surface area contributed by atoms with Crippen molar-refractivity contribution in [2.24, 2.45) is 0 Å². The summed E-state index contributed by atoms with van der Waals surface area (Å²) in [6.45, 7) is 3.77. The van der Waals surface area contributed by atoms with Crippen LogP contribution in [0.15, 0.2) is 24.5 Å². The molecule has 2 rings (SSSR count). The van der Waals surface area contributed by atoms with Crippen molar-refractivity contribution in [3.8, 4) is 0 Å². The molecule has 0 aliphatic rings. The highest BCUT2D eigenvalue weighted by Crippen LogP contribution is 2.20. The zero-order valence-corrected chi connectivity index (χ0v) is 7.73. The molecule has 0 bridgehead atoms. The third-order valence-electron chi connectivity index (χ3n) is 2.22. The van der Waals surface area contributed by atoms with Gasteiger partial charge < -0.3 is 5.11 Å². The molecule has 2 heterocycles. The second-order valence-electron chi connectivity index (χ2n) is 3.26. The Kier molecular flexibility index (Phi) is 1.81.